The minimum Gasteiger partial charge on any atom is -0.482 e. The summed E-state index contributed by atoms with van der Waals surface area (Å²) in [6, 6.07) is 20.7. The van der Waals surface area contributed by atoms with E-state index in [1.807, 2.05) is 18.2 Å². The zero-order chi connectivity index (χ0) is 19.2. The lowest BCUT2D eigenvalue weighted by atomic mass is 10.0. The lowest BCUT2D eigenvalue weighted by Crippen LogP contribution is -2.18. The molecule has 0 spiro atoms. The van der Waals surface area contributed by atoms with Gasteiger partial charge in [0.1, 0.15) is 11.5 Å². The predicted octanol–water partition coefficient (Wildman–Crippen LogP) is 4.86. The number of ketones is 1. The summed E-state index contributed by atoms with van der Waals surface area (Å²) in [5.41, 5.74) is 1.93. The third-order valence-corrected chi connectivity index (χ3v) is 4.11. The number of rotatable bonds is 6. The summed E-state index contributed by atoms with van der Waals surface area (Å²) < 4.78 is 10.7. The Morgan fingerprint density at radius 3 is 2.22 bits per heavy atom. The van der Waals surface area contributed by atoms with Crippen LogP contribution in [0.4, 0.5) is 0 Å². The Bertz CT molecular complexity index is 950. The van der Waals surface area contributed by atoms with Gasteiger partial charge in [0.05, 0.1) is 0 Å². The van der Waals surface area contributed by atoms with Gasteiger partial charge in [-0.3, -0.25) is 4.79 Å². The van der Waals surface area contributed by atoms with Crippen LogP contribution < -0.4 is 9.47 Å². The van der Waals surface area contributed by atoms with E-state index >= 15 is 0 Å². The number of carbonyl (C=O) groups excluding carboxylic acids is 2. The molecule has 0 atom stereocenters. The van der Waals surface area contributed by atoms with Gasteiger partial charge < -0.3 is 9.47 Å². The Morgan fingerprint density at radius 2 is 1.56 bits per heavy atom. The van der Waals surface area contributed by atoms with Crippen LogP contribution in [0.15, 0.2) is 72.8 Å². The molecule has 0 saturated carbocycles. The highest BCUT2D eigenvalue weighted by Gasteiger charge is 2.11. The van der Waals surface area contributed by atoms with E-state index in [9.17, 15) is 9.59 Å². The molecule has 3 rings (SSSR count). The maximum atomic E-state index is 12.4. The van der Waals surface area contributed by atoms with Crippen LogP contribution >= 0.6 is 11.6 Å². The molecular weight excluding hydrogens is 364 g/mol. The highest BCUT2D eigenvalue weighted by Crippen LogP contribution is 2.22. The van der Waals surface area contributed by atoms with E-state index in [-0.39, 0.29) is 12.4 Å². The molecule has 0 fully saturated rings. The predicted molar refractivity (Wildman–Crippen MR) is 104 cm³/mol. The van der Waals surface area contributed by atoms with Crippen LogP contribution in [0, 0.1) is 6.92 Å². The maximum Gasteiger partial charge on any atom is 0.349 e. The molecule has 5 heteroatoms. The zero-order valence-electron chi connectivity index (χ0n) is 14.6. The van der Waals surface area contributed by atoms with Crippen LogP contribution in [0.3, 0.4) is 0 Å². The van der Waals surface area contributed by atoms with Crippen molar-refractivity contribution in [1.82, 2.24) is 0 Å². The van der Waals surface area contributed by atoms with Gasteiger partial charge in [-0.1, -0.05) is 41.9 Å². The van der Waals surface area contributed by atoms with E-state index in [4.69, 9.17) is 21.1 Å². The lowest BCUT2D eigenvalue weighted by Gasteiger charge is -2.09. The van der Waals surface area contributed by atoms with Crippen LogP contribution in [0.5, 0.6) is 11.5 Å². The molecule has 136 valence electrons. The molecule has 0 unspecified atom stereocenters. The van der Waals surface area contributed by atoms with Gasteiger partial charge in [0, 0.05) is 16.1 Å². The van der Waals surface area contributed by atoms with Crippen molar-refractivity contribution in [3.8, 4) is 11.5 Å². The van der Waals surface area contributed by atoms with Crippen LogP contribution in [-0.2, 0) is 4.79 Å². The average molecular weight is 381 g/mol. The molecule has 27 heavy (non-hydrogen) atoms. The largest absolute Gasteiger partial charge is 0.482 e. The van der Waals surface area contributed by atoms with Crippen molar-refractivity contribution >= 4 is 23.4 Å². The van der Waals surface area contributed by atoms with Crippen molar-refractivity contribution in [3.05, 3.63) is 94.5 Å². The number of halogens is 1. The quantitative estimate of drug-likeness (QED) is 0.348. The first kappa shape index (κ1) is 18.7. The van der Waals surface area contributed by atoms with Gasteiger partial charge in [0.25, 0.3) is 0 Å². The summed E-state index contributed by atoms with van der Waals surface area (Å²) >= 11 is 5.88. The van der Waals surface area contributed by atoms with Crippen LogP contribution in [0.2, 0.25) is 5.02 Å². The van der Waals surface area contributed by atoms with Crippen LogP contribution in [0.25, 0.3) is 0 Å². The molecule has 0 aliphatic carbocycles. The molecule has 0 aliphatic heterocycles. The maximum absolute atomic E-state index is 12.4. The second kappa shape index (κ2) is 8.52. The highest BCUT2D eigenvalue weighted by molar-refractivity contribution is 6.30. The number of benzene rings is 3. The van der Waals surface area contributed by atoms with E-state index in [0.29, 0.717) is 27.6 Å². The number of esters is 1. The van der Waals surface area contributed by atoms with Crippen molar-refractivity contribution in [2.45, 2.75) is 6.92 Å². The smallest absolute Gasteiger partial charge is 0.349 e. The third-order valence-electron chi connectivity index (χ3n) is 3.87. The molecule has 0 heterocycles. The molecule has 0 amide bonds. The van der Waals surface area contributed by atoms with E-state index < -0.39 is 5.97 Å². The number of ether oxygens (including phenoxy) is 2. The molecular formula is C22H17ClO4. The van der Waals surface area contributed by atoms with Crippen molar-refractivity contribution in [1.29, 1.82) is 0 Å². The number of aryl methyl sites for hydroxylation is 1. The molecule has 3 aromatic carbocycles. The second-order valence-electron chi connectivity index (χ2n) is 5.89. The molecule has 0 bridgehead atoms. The fourth-order valence-electron chi connectivity index (χ4n) is 2.48. The molecule has 0 aliphatic rings. The topological polar surface area (TPSA) is 52.6 Å². The number of carbonyl (C=O) groups is 2. The molecule has 0 aromatic heterocycles. The minimum atomic E-state index is -0.523. The first-order valence-electron chi connectivity index (χ1n) is 8.32. The van der Waals surface area contributed by atoms with Gasteiger partial charge in [0.2, 0.25) is 0 Å². The lowest BCUT2D eigenvalue weighted by molar-refractivity contribution is -0.136. The summed E-state index contributed by atoms with van der Waals surface area (Å²) in [5, 5.41) is 0.577. The number of hydrogen-bond donors (Lipinski definition) is 0. The molecule has 4 nitrogen and oxygen atoms in total. The normalized spacial score (nSPS) is 10.3. The van der Waals surface area contributed by atoms with E-state index in [2.05, 4.69) is 0 Å². The van der Waals surface area contributed by atoms with E-state index in [1.165, 1.54) is 0 Å². The van der Waals surface area contributed by atoms with E-state index in [0.717, 1.165) is 5.56 Å². The fourth-order valence-corrected chi connectivity index (χ4v) is 2.71. The van der Waals surface area contributed by atoms with Crippen LogP contribution in [-0.4, -0.2) is 18.4 Å². The Kier molecular flexibility index (Phi) is 5.89. The number of hydrogen-bond acceptors (Lipinski definition) is 4. The van der Waals surface area contributed by atoms with Crippen molar-refractivity contribution < 1.29 is 19.1 Å². The summed E-state index contributed by atoms with van der Waals surface area (Å²) in [6.45, 7) is 1.56. The Morgan fingerprint density at radius 1 is 0.889 bits per heavy atom. The van der Waals surface area contributed by atoms with Crippen molar-refractivity contribution in [2.24, 2.45) is 0 Å². The van der Waals surface area contributed by atoms with Crippen molar-refractivity contribution in [3.63, 3.8) is 0 Å². The SMILES string of the molecule is Cc1cc(Cl)ccc1OC(=O)COc1ccc(C(=O)c2ccccc2)cc1. The second-order valence-corrected chi connectivity index (χ2v) is 6.33. The molecule has 0 saturated heterocycles. The Labute approximate surface area is 162 Å². The zero-order valence-corrected chi connectivity index (χ0v) is 15.4. The van der Waals surface area contributed by atoms with Crippen molar-refractivity contribution in [2.75, 3.05) is 6.61 Å². The first-order valence-corrected chi connectivity index (χ1v) is 8.70. The van der Waals surface area contributed by atoms with Gasteiger partial charge in [-0.15, -0.1) is 0 Å². The van der Waals surface area contributed by atoms with Gasteiger partial charge >= 0.3 is 5.97 Å². The Hall–Kier alpha value is -3.11. The first-order chi connectivity index (χ1) is 13.0. The Balaban J connectivity index is 1.57. The molecule has 0 radical (unpaired) electrons. The summed E-state index contributed by atoms with van der Waals surface area (Å²) in [5.74, 6) is 0.325. The summed E-state index contributed by atoms with van der Waals surface area (Å²) in [7, 11) is 0. The van der Waals surface area contributed by atoms with Gasteiger partial charge in [0.15, 0.2) is 12.4 Å². The summed E-state index contributed by atoms with van der Waals surface area (Å²) in [4.78, 5) is 24.3. The monoisotopic (exact) mass is 380 g/mol. The standard InChI is InChI=1S/C22H17ClO4/c1-15-13-18(23)9-12-20(15)27-21(24)14-26-19-10-7-17(8-11-19)22(25)16-5-3-2-4-6-16/h2-13H,14H2,1H3. The average Bonchev–Trinajstić information content (AvgIpc) is 2.69. The van der Waals surface area contributed by atoms with Gasteiger partial charge in [-0.25, -0.2) is 4.79 Å². The molecule has 0 N–H and O–H groups in total. The van der Waals surface area contributed by atoms with Crippen LogP contribution in [0.1, 0.15) is 21.5 Å². The molecule has 3 aromatic rings. The minimum absolute atomic E-state index is 0.0697. The van der Waals surface area contributed by atoms with Gasteiger partial charge in [-0.2, -0.15) is 0 Å². The van der Waals surface area contributed by atoms with Gasteiger partial charge in [-0.05, 0) is 55.0 Å². The van der Waals surface area contributed by atoms with E-state index in [1.54, 1.807) is 61.5 Å². The highest BCUT2D eigenvalue weighted by atomic mass is 35.5. The fraction of sp³-hybridized carbons (Fsp3) is 0.0909. The summed E-state index contributed by atoms with van der Waals surface area (Å²) in [6.07, 6.45) is 0. The third kappa shape index (κ3) is 4.96.